The minimum Gasteiger partial charge on any atom is -0.491 e. The lowest BCUT2D eigenvalue weighted by Gasteiger charge is -2.20. The highest BCUT2D eigenvalue weighted by atomic mass is 19.1. The summed E-state index contributed by atoms with van der Waals surface area (Å²) in [5.74, 6) is -0.0924. The number of amides is 1. The molecule has 0 aliphatic carbocycles. The van der Waals surface area contributed by atoms with Crippen molar-refractivity contribution in [3.8, 4) is 5.75 Å². The lowest BCUT2D eigenvalue weighted by Crippen LogP contribution is -2.38. The normalized spacial score (nSPS) is 12.7. The predicted octanol–water partition coefficient (Wildman–Crippen LogP) is 2.09. The Bertz CT molecular complexity index is 445. The van der Waals surface area contributed by atoms with E-state index in [1.165, 1.54) is 18.2 Å². The zero-order valence-electron chi connectivity index (χ0n) is 11.9. The van der Waals surface area contributed by atoms with E-state index in [4.69, 9.17) is 9.47 Å². The highest BCUT2D eigenvalue weighted by Crippen LogP contribution is 2.12. The molecule has 0 aliphatic rings. The Morgan fingerprint density at radius 2 is 2.15 bits per heavy atom. The summed E-state index contributed by atoms with van der Waals surface area (Å²) in [6.45, 7) is 5.17. The standard InChI is InChI=1S/C14H20FNO4/c1-14(2,3)20-13(18)16-8-11(17)9-19-12-6-4-5-10(15)7-12/h4-7,11,17H,8-9H2,1-3H3,(H,16,18). The first-order valence-electron chi connectivity index (χ1n) is 6.29. The van der Waals surface area contributed by atoms with Gasteiger partial charge in [0, 0.05) is 6.07 Å². The van der Waals surface area contributed by atoms with Gasteiger partial charge in [0.2, 0.25) is 0 Å². The van der Waals surface area contributed by atoms with E-state index in [9.17, 15) is 14.3 Å². The van der Waals surface area contributed by atoms with E-state index < -0.39 is 23.6 Å². The average molecular weight is 285 g/mol. The molecule has 1 aromatic carbocycles. The highest BCUT2D eigenvalue weighted by molar-refractivity contribution is 5.67. The number of rotatable bonds is 5. The minimum absolute atomic E-state index is 0.00969. The van der Waals surface area contributed by atoms with E-state index in [-0.39, 0.29) is 13.2 Å². The number of aliphatic hydroxyl groups excluding tert-OH is 1. The molecule has 1 atom stereocenters. The molecule has 0 bridgehead atoms. The number of carbonyl (C=O) groups excluding carboxylic acids is 1. The summed E-state index contributed by atoms with van der Waals surface area (Å²) in [6.07, 6.45) is -1.52. The molecule has 6 heteroatoms. The lowest BCUT2D eigenvalue weighted by atomic mass is 10.2. The van der Waals surface area contributed by atoms with Gasteiger partial charge < -0.3 is 19.9 Å². The van der Waals surface area contributed by atoms with Crippen LogP contribution in [-0.2, 0) is 4.74 Å². The smallest absolute Gasteiger partial charge is 0.407 e. The monoisotopic (exact) mass is 285 g/mol. The van der Waals surface area contributed by atoms with Gasteiger partial charge >= 0.3 is 6.09 Å². The van der Waals surface area contributed by atoms with Gasteiger partial charge in [0.1, 0.15) is 29.9 Å². The van der Waals surface area contributed by atoms with Gasteiger partial charge in [-0.3, -0.25) is 0 Å². The summed E-state index contributed by atoms with van der Waals surface area (Å²) < 4.78 is 23.1. The third-order valence-corrected chi connectivity index (χ3v) is 2.12. The number of alkyl carbamates (subject to hydrolysis) is 1. The molecule has 0 aromatic heterocycles. The van der Waals surface area contributed by atoms with Crippen LogP contribution in [0.2, 0.25) is 0 Å². The second kappa shape index (κ2) is 7.09. The van der Waals surface area contributed by atoms with Gasteiger partial charge in [-0.15, -0.1) is 0 Å². The number of aliphatic hydroxyl groups is 1. The number of hydrogen-bond donors (Lipinski definition) is 2. The number of benzene rings is 1. The lowest BCUT2D eigenvalue weighted by molar-refractivity contribution is 0.0463. The number of ether oxygens (including phenoxy) is 2. The molecule has 20 heavy (non-hydrogen) atoms. The van der Waals surface area contributed by atoms with Gasteiger partial charge in [-0.1, -0.05) is 6.07 Å². The first kappa shape index (κ1) is 16.2. The molecular formula is C14H20FNO4. The molecule has 0 aliphatic heterocycles. The summed E-state index contributed by atoms with van der Waals surface area (Å²) in [4.78, 5) is 11.3. The molecule has 0 heterocycles. The Balaban J connectivity index is 2.27. The second-order valence-electron chi connectivity index (χ2n) is 5.30. The van der Waals surface area contributed by atoms with E-state index in [1.54, 1.807) is 26.8 Å². The molecule has 112 valence electrons. The number of hydrogen-bond acceptors (Lipinski definition) is 4. The van der Waals surface area contributed by atoms with Gasteiger partial charge in [-0.2, -0.15) is 0 Å². The number of halogens is 1. The van der Waals surface area contributed by atoms with Gasteiger partial charge in [-0.05, 0) is 32.9 Å². The predicted molar refractivity (Wildman–Crippen MR) is 72.1 cm³/mol. The van der Waals surface area contributed by atoms with Crippen LogP contribution >= 0.6 is 0 Å². The maximum absolute atomic E-state index is 12.9. The molecule has 1 amide bonds. The number of nitrogens with one attached hydrogen (secondary N) is 1. The van der Waals surface area contributed by atoms with Crippen molar-refractivity contribution in [1.82, 2.24) is 5.32 Å². The molecule has 0 saturated carbocycles. The van der Waals surface area contributed by atoms with Gasteiger partial charge in [-0.25, -0.2) is 9.18 Å². The SMILES string of the molecule is CC(C)(C)OC(=O)NCC(O)COc1cccc(F)c1. The summed E-state index contributed by atoms with van der Waals surface area (Å²) >= 11 is 0. The van der Waals surface area contributed by atoms with Crippen molar-refractivity contribution in [2.24, 2.45) is 0 Å². The van der Waals surface area contributed by atoms with E-state index in [1.807, 2.05) is 0 Å². The van der Waals surface area contributed by atoms with E-state index in [2.05, 4.69) is 5.32 Å². The minimum atomic E-state index is -0.911. The molecule has 0 radical (unpaired) electrons. The average Bonchev–Trinajstić information content (AvgIpc) is 2.32. The van der Waals surface area contributed by atoms with Crippen LogP contribution in [0.3, 0.4) is 0 Å². The first-order chi connectivity index (χ1) is 9.26. The van der Waals surface area contributed by atoms with Crippen LogP contribution in [0.25, 0.3) is 0 Å². The molecule has 5 nitrogen and oxygen atoms in total. The van der Waals surface area contributed by atoms with E-state index in [0.717, 1.165) is 0 Å². The highest BCUT2D eigenvalue weighted by Gasteiger charge is 2.16. The topological polar surface area (TPSA) is 67.8 Å². The van der Waals surface area contributed by atoms with Crippen molar-refractivity contribution in [2.45, 2.75) is 32.5 Å². The fourth-order valence-corrected chi connectivity index (χ4v) is 1.32. The molecule has 0 spiro atoms. The quantitative estimate of drug-likeness (QED) is 0.869. The van der Waals surface area contributed by atoms with Crippen LogP contribution in [0.1, 0.15) is 20.8 Å². The van der Waals surface area contributed by atoms with Crippen molar-refractivity contribution in [3.63, 3.8) is 0 Å². The first-order valence-corrected chi connectivity index (χ1v) is 6.29. The van der Waals surface area contributed by atoms with Crippen molar-refractivity contribution in [2.75, 3.05) is 13.2 Å². The molecule has 1 aromatic rings. The molecular weight excluding hydrogens is 265 g/mol. The Kier molecular flexibility index (Phi) is 5.76. The summed E-state index contributed by atoms with van der Waals surface area (Å²) in [5, 5.41) is 12.1. The summed E-state index contributed by atoms with van der Waals surface area (Å²) in [7, 11) is 0. The maximum Gasteiger partial charge on any atom is 0.407 e. The van der Waals surface area contributed by atoms with Gasteiger partial charge in [0.05, 0.1) is 6.54 Å². The third-order valence-electron chi connectivity index (χ3n) is 2.12. The van der Waals surface area contributed by atoms with Crippen molar-refractivity contribution < 1.29 is 23.8 Å². The van der Waals surface area contributed by atoms with Gasteiger partial charge in [0.15, 0.2) is 0 Å². The third kappa shape index (κ3) is 6.94. The van der Waals surface area contributed by atoms with Gasteiger partial charge in [0.25, 0.3) is 0 Å². The summed E-state index contributed by atoms with van der Waals surface area (Å²) in [5.41, 5.74) is -0.590. The van der Waals surface area contributed by atoms with Crippen LogP contribution in [0, 0.1) is 5.82 Å². The number of carbonyl (C=O) groups is 1. The second-order valence-corrected chi connectivity index (χ2v) is 5.30. The molecule has 2 N–H and O–H groups in total. The Morgan fingerprint density at radius 3 is 2.75 bits per heavy atom. The van der Waals surface area contributed by atoms with Crippen molar-refractivity contribution in [1.29, 1.82) is 0 Å². The van der Waals surface area contributed by atoms with E-state index >= 15 is 0 Å². The molecule has 1 rings (SSSR count). The van der Waals surface area contributed by atoms with Crippen LogP contribution in [0.15, 0.2) is 24.3 Å². The zero-order chi connectivity index (χ0) is 15.2. The van der Waals surface area contributed by atoms with Crippen LogP contribution < -0.4 is 10.1 Å². The van der Waals surface area contributed by atoms with Crippen molar-refractivity contribution in [3.05, 3.63) is 30.1 Å². The fourth-order valence-electron chi connectivity index (χ4n) is 1.32. The summed E-state index contributed by atoms with van der Waals surface area (Å²) in [6, 6.07) is 5.61. The van der Waals surface area contributed by atoms with Crippen molar-refractivity contribution >= 4 is 6.09 Å². The van der Waals surface area contributed by atoms with Crippen LogP contribution in [0.4, 0.5) is 9.18 Å². The van der Waals surface area contributed by atoms with Crippen LogP contribution in [-0.4, -0.2) is 36.1 Å². The zero-order valence-corrected chi connectivity index (χ0v) is 11.9. The maximum atomic E-state index is 12.9. The molecule has 1 unspecified atom stereocenters. The van der Waals surface area contributed by atoms with E-state index in [0.29, 0.717) is 5.75 Å². The fraction of sp³-hybridized carbons (Fsp3) is 0.500. The Morgan fingerprint density at radius 1 is 1.45 bits per heavy atom. The van der Waals surface area contributed by atoms with Crippen LogP contribution in [0.5, 0.6) is 5.75 Å². The Hall–Kier alpha value is -1.82. The largest absolute Gasteiger partial charge is 0.491 e. The molecule has 0 saturated heterocycles. The Labute approximate surface area is 117 Å². The molecule has 0 fully saturated rings.